The smallest absolute Gasteiger partial charge is 0.339 e. The fraction of sp³-hybridized carbons (Fsp3) is 0.263. The zero-order valence-corrected chi connectivity index (χ0v) is 16.1. The van der Waals surface area contributed by atoms with Crippen molar-refractivity contribution in [1.29, 1.82) is 0 Å². The van der Waals surface area contributed by atoms with E-state index in [0.29, 0.717) is 27.8 Å². The Hall–Kier alpha value is -2.87. The summed E-state index contributed by atoms with van der Waals surface area (Å²) >= 11 is 0. The molecule has 144 valence electrons. The summed E-state index contributed by atoms with van der Waals surface area (Å²) in [6, 6.07) is 11.4. The van der Waals surface area contributed by atoms with Crippen molar-refractivity contribution < 1.29 is 28.0 Å². The van der Waals surface area contributed by atoms with Crippen molar-refractivity contribution >= 4 is 28.4 Å². The van der Waals surface area contributed by atoms with E-state index in [1.54, 1.807) is 43.3 Å². The van der Waals surface area contributed by atoms with Gasteiger partial charge in [0.15, 0.2) is 6.61 Å². The lowest BCUT2D eigenvalue weighted by molar-refractivity contribution is -0.119. The summed E-state index contributed by atoms with van der Waals surface area (Å²) in [5, 5.41) is 2.61. The number of ether oxygens (including phenoxy) is 3. The first-order valence-corrected chi connectivity index (χ1v) is 9.48. The van der Waals surface area contributed by atoms with Crippen LogP contribution in [0.4, 0.5) is 5.69 Å². The number of amides is 1. The van der Waals surface area contributed by atoms with Crippen LogP contribution in [0, 0.1) is 0 Å². The van der Waals surface area contributed by atoms with Crippen LogP contribution in [-0.2, 0) is 20.3 Å². The Morgan fingerprint density at radius 1 is 1.07 bits per heavy atom. The zero-order chi connectivity index (χ0) is 19.8. The quantitative estimate of drug-likeness (QED) is 0.696. The van der Waals surface area contributed by atoms with Crippen LogP contribution in [0.1, 0.15) is 17.3 Å². The summed E-state index contributed by atoms with van der Waals surface area (Å²) in [7, 11) is 1.67. The first-order valence-electron chi connectivity index (χ1n) is 8.16. The molecule has 0 bridgehead atoms. The van der Waals surface area contributed by atoms with Crippen LogP contribution in [0.3, 0.4) is 0 Å². The lowest BCUT2D eigenvalue weighted by Crippen LogP contribution is -2.22. The first-order chi connectivity index (χ1) is 13.0. The second-order valence-electron chi connectivity index (χ2n) is 5.32. The van der Waals surface area contributed by atoms with Crippen molar-refractivity contribution in [2.75, 3.05) is 31.9 Å². The van der Waals surface area contributed by atoms with Gasteiger partial charge in [-0.3, -0.25) is 9.00 Å². The van der Waals surface area contributed by atoms with Crippen LogP contribution in [0.15, 0.2) is 47.4 Å². The van der Waals surface area contributed by atoms with Crippen molar-refractivity contribution in [3.63, 3.8) is 0 Å². The van der Waals surface area contributed by atoms with Gasteiger partial charge in [-0.2, -0.15) is 0 Å². The fourth-order valence-corrected chi connectivity index (χ4v) is 3.23. The van der Waals surface area contributed by atoms with Gasteiger partial charge in [0.05, 0.1) is 41.2 Å². The largest absolute Gasteiger partial charge is 0.497 e. The number of rotatable bonds is 8. The maximum Gasteiger partial charge on any atom is 0.339 e. The lowest BCUT2D eigenvalue weighted by Gasteiger charge is -2.12. The highest BCUT2D eigenvalue weighted by Crippen LogP contribution is 2.28. The predicted molar refractivity (Wildman–Crippen MR) is 102 cm³/mol. The molecule has 0 aromatic heterocycles. The molecule has 2 aromatic carbocycles. The summed E-state index contributed by atoms with van der Waals surface area (Å²) in [5.41, 5.74) is 0.579. The zero-order valence-electron chi connectivity index (χ0n) is 15.3. The third-order valence-corrected chi connectivity index (χ3v) is 5.00. The highest BCUT2D eigenvalue weighted by molar-refractivity contribution is 7.85. The van der Waals surface area contributed by atoms with Crippen molar-refractivity contribution in [2.24, 2.45) is 0 Å². The Morgan fingerprint density at radius 2 is 1.81 bits per heavy atom. The monoisotopic (exact) mass is 391 g/mol. The molecule has 27 heavy (non-hydrogen) atoms. The second kappa shape index (κ2) is 9.72. The van der Waals surface area contributed by atoms with Crippen LogP contribution in [-0.4, -0.2) is 42.7 Å². The maximum atomic E-state index is 12.3. The molecule has 1 amide bonds. The van der Waals surface area contributed by atoms with E-state index in [-0.39, 0.29) is 5.56 Å². The molecule has 2 rings (SSSR count). The van der Waals surface area contributed by atoms with Gasteiger partial charge in [-0.05, 0) is 24.3 Å². The topological polar surface area (TPSA) is 90.9 Å². The highest BCUT2D eigenvalue weighted by atomic mass is 32.2. The third-order valence-electron chi connectivity index (χ3n) is 3.63. The third kappa shape index (κ3) is 5.30. The van der Waals surface area contributed by atoms with Gasteiger partial charge < -0.3 is 19.5 Å². The van der Waals surface area contributed by atoms with Gasteiger partial charge in [0, 0.05) is 11.8 Å². The Bertz CT molecular complexity index is 852. The number of benzene rings is 2. The Labute approximate surface area is 160 Å². The van der Waals surface area contributed by atoms with E-state index in [1.165, 1.54) is 20.3 Å². The molecule has 7 nitrogen and oxygen atoms in total. The average Bonchev–Trinajstić information content (AvgIpc) is 2.71. The van der Waals surface area contributed by atoms with Crippen LogP contribution < -0.4 is 14.8 Å². The number of hydrogen-bond donors (Lipinski definition) is 1. The van der Waals surface area contributed by atoms with E-state index >= 15 is 0 Å². The Balaban J connectivity index is 2.04. The van der Waals surface area contributed by atoms with E-state index in [2.05, 4.69) is 5.32 Å². The maximum absolute atomic E-state index is 12.3. The van der Waals surface area contributed by atoms with Gasteiger partial charge in [0.2, 0.25) is 0 Å². The van der Waals surface area contributed by atoms with Gasteiger partial charge in [0.25, 0.3) is 5.91 Å². The predicted octanol–water partition coefficient (Wildman–Crippen LogP) is 2.63. The number of anilines is 1. The molecular formula is C19H21NO6S. The molecule has 1 atom stereocenters. The molecule has 0 aliphatic rings. The number of nitrogens with one attached hydrogen (secondary N) is 1. The van der Waals surface area contributed by atoms with E-state index in [4.69, 9.17) is 14.2 Å². The lowest BCUT2D eigenvalue weighted by atomic mass is 10.2. The number of hydrogen-bond acceptors (Lipinski definition) is 6. The van der Waals surface area contributed by atoms with Crippen molar-refractivity contribution in [2.45, 2.75) is 11.8 Å². The van der Waals surface area contributed by atoms with Crippen LogP contribution in [0.5, 0.6) is 11.5 Å². The van der Waals surface area contributed by atoms with E-state index in [0.717, 1.165) is 0 Å². The number of carbonyl (C=O) groups is 2. The molecule has 0 saturated heterocycles. The molecule has 0 radical (unpaired) electrons. The Morgan fingerprint density at radius 3 is 2.48 bits per heavy atom. The summed E-state index contributed by atoms with van der Waals surface area (Å²) in [4.78, 5) is 24.8. The Kier molecular flexibility index (Phi) is 7.36. The molecule has 0 aliphatic heterocycles. The molecule has 0 aliphatic carbocycles. The number of methoxy groups -OCH3 is 2. The minimum absolute atomic E-state index is 0.185. The molecule has 0 spiro atoms. The highest BCUT2D eigenvalue weighted by Gasteiger charge is 2.17. The van der Waals surface area contributed by atoms with Gasteiger partial charge >= 0.3 is 5.97 Å². The minimum Gasteiger partial charge on any atom is -0.497 e. The molecule has 0 fully saturated rings. The standard InChI is InChI=1S/C19H21NO6S/c1-4-27(23)17-8-6-5-7-14(17)19(22)26-12-18(21)20-15-11-13(24-2)9-10-16(15)25-3/h5-11H,4,12H2,1-3H3,(H,20,21)/t27-/m1/s1. The van der Waals surface area contributed by atoms with Gasteiger partial charge in [-0.15, -0.1) is 0 Å². The average molecular weight is 391 g/mol. The molecule has 2 aromatic rings. The molecule has 8 heteroatoms. The summed E-state index contributed by atoms with van der Waals surface area (Å²) < 4.78 is 27.4. The molecule has 0 saturated carbocycles. The molecule has 0 heterocycles. The fourth-order valence-electron chi connectivity index (χ4n) is 2.30. The summed E-state index contributed by atoms with van der Waals surface area (Å²) in [6.45, 7) is 1.26. The van der Waals surface area contributed by atoms with E-state index in [9.17, 15) is 13.8 Å². The SMILES string of the molecule is CC[S@@](=O)c1ccccc1C(=O)OCC(=O)Nc1cc(OC)ccc1OC. The van der Waals surface area contributed by atoms with E-state index < -0.39 is 29.3 Å². The van der Waals surface area contributed by atoms with Crippen LogP contribution >= 0.6 is 0 Å². The van der Waals surface area contributed by atoms with Gasteiger partial charge in [-0.1, -0.05) is 19.1 Å². The number of carbonyl (C=O) groups excluding carboxylic acids is 2. The second-order valence-corrected chi connectivity index (χ2v) is 7.03. The minimum atomic E-state index is -1.31. The molecule has 1 N–H and O–H groups in total. The van der Waals surface area contributed by atoms with Crippen LogP contribution in [0.2, 0.25) is 0 Å². The molecular weight excluding hydrogens is 370 g/mol. The van der Waals surface area contributed by atoms with E-state index in [1.807, 2.05) is 0 Å². The van der Waals surface area contributed by atoms with Gasteiger partial charge in [-0.25, -0.2) is 4.79 Å². The number of esters is 1. The van der Waals surface area contributed by atoms with Crippen molar-refractivity contribution in [3.05, 3.63) is 48.0 Å². The summed E-state index contributed by atoms with van der Waals surface area (Å²) in [5.74, 6) is 0.114. The summed E-state index contributed by atoms with van der Waals surface area (Å²) in [6.07, 6.45) is 0. The van der Waals surface area contributed by atoms with Crippen molar-refractivity contribution in [1.82, 2.24) is 0 Å². The van der Waals surface area contributed by atoms with Crippen LogP contribution in [0.25, 0.3) is 0 Å². The first kappa shape index (κ1) is 20.4. The van der Waals surface area contributed by atoms with Gasteiger partial charge in [0.1, 0.15) is 11.5 Å². The molecule has 0 unspecified atom stereocenters. The normalized spacial score (nSPS) is 11.4. The van der Waals surface area contributed by atoms with Crippen molar-refractivity contribution in [3.8, 4) is 11.5 Å².